The molecule has 84 valence electrons. The van der Waals surface area contributed by atoms with Crippen LogP contribution >= 0.6 is 0 Å². The van der Waals surface area contributed by atoms with Gasteiger partial charge in [-0.25, -0.2) is 4.99 Å². The summed E-state index contributed by atoms with van der Waals surface area (Å²) in [7, 11) is 0. The van der Waals surface area contributed by atoms with E-state index in [1.807, 2.05) is 0 Å². The molecule has 1 atom stereocenters. The van der Waals surface area contributed by atoms with E-state index in [9.17, 15) is 0 Å². The van der Waals surface area contributed by atoms with Crippen molar-refractivity contribution in [2.75, 3.05) is 0 Å². The van der Waals surface area contributed by atoms with Crippen LogP contribution in [0, 0.1) is 11.8 Å². The van der Waals surface area contributed by atoms with Gasteiger partial charge in [-0.05, 0) is 18.8 Å². The highest BCUT2D eigenvalue weighted by molar-refractivity contribution is 5.60. The third-order valence-corrected chi connectivity index (χ3v) is 3.69. The van der Waals surface area contributed by atoms with Crippen molar-refractivity contribution in [1.29, 1.82) is 0 Å². The molecule has 0 aromatic heterocycles. The number of hydrogen-bond acceptors (Lipinski definition) is 4. The van der Waals surface area contributed by atoms with E-state index in [0.717, 1.165) is 18.8 Å². The Morgan fingerprint density at radius 3 is 2.67 bits per heavy atom. The zero-order valence-corrected chi connectivity index (χ0v) is 9.24. The fraction of sp³-hybridized carbons (Fsp3) is 0.727. The van der Waals surface area contributed by atoms with Crippen LogP contribution in [-0.4, -0.2) is 12.0 Å². The molecular weight excluding hydrogens is 188 g/mol. The number of rotatable bonds is 1. The Morgan fingerprint density at radius 1 is 1.40 bits per heavy atom. The van der Waals surface area contributed by atoms with Gasteiger partial charge in [-0.15, -0.1) is 0 Å². The fourth-order valence-electron chi connectivity index (χ4n) is 2.50. The van der Waals surface area contributed by atoms with Gasteiger partial charge < -0.3 is 16.8 Å². The van der Waals surface area contributed by atoms with Gasteiger partial charge in [0.2, 0.25) is 0 Å². The molecule has 5 N–H and O–H groups in total. The summed E-state index contributed by atoms with van der Waals surface area (Å²) >= 11 is 0. The lowest BCUT2D eigenvalue weighted by molar-refractivity contribution is 0.207. The van der Waals surface area contributed by atoms with Gasteiger partial charge in [0.15, 0.2) is 5.66 Å². The monoisotopic (exact) mass is 208 g/mol. The van der Waals surface area contributed by atoms with E-state index in [2.05, 4.69) is 17.2 Å². The molecule has 1 fully saturated rings. The van der Waals surface area contributed by atoms with Gasteiger partial charge in [0.05, 0.1) is 12.0 Å². The first kappa shape index (κ1) is 10.5. The summed E-state index contributed by atoms with van der Waals surface area (Å²) in [6, 6.07) is 0. The van der Waals surface area contributed by atoms with Crippen molar-refractivity contribution in [2.24, 2.45) is 28.3 Å². The summed E-state index contributed by atoms with van der Waals surface area (Å²) in [6.45, 7) is 2.30. The second kappa shape index (κ2) is 3.85. The largest absolute Gasteiger partial charge is 0.398 e. The predicted molar refractivity (Wildman–Crippen MR) is 61.9 cm³/mol. The molecule has 1 aliphatic carbocycles. The highest BCUT2D eigenvalue weighted by Gasteiger charge is 2.39. The van der Waals surface area contributed by atoms with Crippen LogP contribution in [0.15, 0.2) is 16.9 Å². The minimum atomic E-state index is -0.661. The van der Waals surface area contributed by atoms with Crippen molar-refractivity contribution in [3.63, 3.8) is 0 Å². The average molecular weight is 208 g/mol. The number of nitrogens with one attached hydrogen (secondary N) is 1. The average Bonchev–Trinajstić information content (AvgIpc) is 2.23. The highest BCUT2D eigenvalue weighted by Crippen LogP contribution is 2.37. The van der Waals surface area contributed by atoms with Crippen molar-refractivity contribution in [3.05, 3.63) is 11.9 Å². The van der Waals surface area contributed by atoms with Crippen molar-refractivity contribution >= 4 is 6.34 Å². The first-order valence-electron chi connectivity index (χ1n) is 5.67. The van der Waals surface area contributed by atoms with Crippen molar-refractivity contribution in [1.82, 2.24) is 5.32 Å². The van der Waals surface area contributed by atoms with E-state index in [1.54, 1.807) is 12.5 Å². The molecule has 4 heteroatoms. The summed E-state index contributed by atoms with van der Waals surface area (Å²) in [5.41, 5.74) is 12.2. The van der Waals surface area contributed by atoms with Gasteiger partial charge in [-0.3, -0.25) is 0 Å². The summed E-state index contributed by atoms with van der Waals surface area (Å²) < 4.78 is 0. The summed E-state index contributed by atoms with van der Waals surface area (Å²) in [5, 5.41) is 2.88. The maximum absolute atomic E-state index is 6.29. The van der Waals surface area contributed by atoms with E-state index in [1.165, 1.54) is 12.8 Å². The van der Waals surface area contributed by atoms with Crippen LogP contribution in [-0.2, 0) is 0 Å². The van der Waals surface area contributed by atoms with Crippen LogP contribution in [0.3, 0.4) is 0 Å². The Bertz CT molecular complexity index is 289. The van der Waals surface area contributed by atoms with Crippen LogP contribution in [0.4, 0.5) is 0 Å². The lowest BCUT2D eigenvalue weighted by atomic mass is 9.75. The number of hydrogen-bond donors (Lipinski definition) is 3. The third kappa shape index (κ3) is 1.86. The summed E-state index contributed by atoms with van der Waals surface area (Å²) in [5.74, 6) is 1.21. The zero-order valence-electron chi connectivity index (χ0n) is 9.24. The van der Waals surface area contributed by atoms with Crippen molar-refractivity contribution in [3.8, 4) is 0 Å². The Hall–Kier alpha value is -1.03. The van der Waals surface area contributed by atoms with Gasteiger partial charge in [-0.1, -0.05) is 19.8 Å². The minimum Gasteiger partial charge on any atom is -0.398 e. The fourth-order valence-corrected chi connectivity index (χ4v) is 2.50. The lowest BCUT2D eigenvalue weighted by Crippen LogP contribution is -2.53. The normalized spacial score (nSPS) is 40.8. The minimum absolute atomic E-state index is 0.392. The van der Waals surface area contributed by atoms with E-state index in [4.69, 9.17) is 11.5 Å². The van der Waals surface area contributed by atoms with Gasteiger partial charge in [0, 0.05) is 12.1 Å². The highest BCUT2D eigenvalue weighted by atomic mass is 15.1. The molecule has 2 aliphatic rings. The SMILES string of the molecule is CC1CCC(C2(N)N=CNC=C2N)CC1. The van der Waals surface area contributed by atoms with E-state index >= 15 is 0 Å². The molecule has 0 aromatic rings. The Labute approximate surface area is 90.8 Å². The standard InChI is InChI=1S/C11H20N4/c1-8-2-4-9(5-3-8)11(13)10(12)6-14-7-15-11/h6-9H,2-5,12-13H2,1H3,(H,14,15). The number of aliphatic imine (C=N–C) groups is 1. The first-order valence-corrected chi connectivity index (χ1v) is 5.67. The quantitative estimate of drug-likeness (QED) is 0.599. The van der Waals surface area contributed by atoms with Crippen molar-refractivity contribution in [2.45, 2.75) is 38.3 Å². The molecule has 15 heavy (non-hydrogen) atoms. The number of nitrogens with two attached hydrogens (primary N) is 2. The predicted octanol–water partition coefficient (Wildman–Crippen LogP) is 0.899. The van der Waals surface area contributed by atoms with Crippen LogP contribution in [0.2, 0.25) is 0 Å². The van der Waals surface area contributed by atoms with Gasteiger partial charge >= 0.3 is 0 Å². The molecule has 0 spiro atoms. The molecule has 0 amide bonds. The summed E-state index contributed by atoms with van der Waals surface area (Å²) in [4.78, 5) is 4.34. The maximum atomic E-state index is 6.29. The first-order chi connectivity index (χ1) is 7.13. The molecule has 1 unspecified atom stereocenters. The molecule has 0 bridgehead atoms. The third-order valence-electron chi connectivity index (χ3n) is 3.69. The second-order valence-electron chi connectivity index (χ2n) is 4.81. The van der Waals surface area contributed by atoms with Gasteiger partial charge in [0.25, 0.3) is 0 Å². The van der Waals surface area contributed by atoms with Crippen LogP contribution in [0.25, 0.3) is 0 Å². The molecule has 0 aromatic carbocycles. The molecule has 1 heterocycles. The second-order valence-corrected chi connectivity index (χ2v) is 4.81. The lowest BCUT2D eigenvalue weighted by Gasteiger charge is -2.39. The maximum Gasteiger partial charge on any atom is 0.154 e. The topological polar surface area (TPSA) is 76.4 Å². The molecular formula is C11H20N4. The molecule has 1 saturated carbocycles. The molecule has 1 aliphatic heterocycles. The molecule has 0 saturated heterocycles. The number of nitrogens with zero attached hydrogens (tertiary/aromatic N) is 1. The molecule has 2 rings (SSSR count). The van der Waals surface area contributed by atoms with Crippen molar-refractivity contribution < 1.29 is 0 Å². The van der Waals surface area contributed by atoms with Crippen LogP contribution < -0.4 is 16.8 Å². The Morgan fingerprint density at radius 2 is 2.07 bits per heavy atom. The van der Waals surface area contributed by atoms with Crippen LogP contribution in [0.5, 0.6) is 0 Å². The van der Waals surface area contributed by atoms with E-state index in [-0.39, 0.29) is 0 Å². The van der Waals surface area contributed by atoms with Gasteiger partial charge in [0.1, 0.15) is 0 Å². The summed E-state index contributed by atoms with van der Waals surface area (Å²) in [6.07, 6.45) is 8.13. The molecule has 0 radical (unpaired) electrons. The Kier molecular flexibility index (Phi) is 2.69. The smallest absolute Gasteiger partial charge is 0.154 e. The van der Waals surface area contributed by atoms with Crippen LogP contribution in [0.1, 0.15) is 32.6 Å². The zero-order chi connectivity index (χ0) is 10.9. The van der Waals surface area contributed by atoms with Gasteiger partial charge in [-0.2, -0.15) is 0 Å². The Balaban J connectivity index is 2.11. The van der Waals surface area contributed by atoms with E-state index < -0.39 is 5.66 Å². The molecule has 4 nitrogen and oxygen atoms in total. The van der Waals surface area contributed by atoms with E-state index in [0.29, 0.717) is 11.6 Å².